The minimum absolute atomic E-state index is 0.853. The van der Waals surface area contributed by atoms with Gasteiger partial charge in [0, 0.05) is 12.8 Å². The monoisotopic (exact) mass is 83.1 g/mol. The number of rotatable bonds is 2. The average Bonchev–Trinajstić information content (AvgIpc) is 1.61. The summed E-state index contributed by atoms with van der Waals surface area (Å²) in [7, 11) is 0. The Kier molecular flexibility index (Phi) is 3.98. The van der Waals surface area contributed by atoms with Crippen LogP contribution in [0.1, 0.15) is 6.92 Å². The smallest absolute Gasteiger partial charge is 0.0360 e. The van der Waals surface area contributed by atoms with E-state index in [-0.39, 0.29) is 0 Å². The molecule has 0 amide bonds. The quantitative estimate of drug-likeness (QED) is 0.446. The van der Waals surface area contributed by atoms with E-state index in [0.717, 1.165) is 6.54 Å². The highest BCUT2D eigenvalue weighted by Crippen LogP contribution is 1.60. The van der Waals surface area contributed by atoms with E-state index < -0.39 is 0 Å². The van der Waals surface area contributed by atoms with Crippen LogP contribution >= 0.6 is 0 Å². The van der Waals surface area contributed by atoms with Crippen molar-refractivity contribution >= 4 is 6.21 Å². The lowest BCUT2D eigenvalue weighted by molar-refractivity contribution is 1.14. The summed E-state index contributed by atoms with van der Waals surface area (Å²) in [6.07, 6.45) is 3.36. The molecule has 0 aromatic rings. The van der Waals surface area contributed by atoms with Crippen molar-refractivity contribution in [2.24, 2.45) is 4.99 Å². The predicted octanol–water partition coefficient (Wildman–Crippen LogP) is 1.26. The van der Waals surface area contributed by atoms with E-state index in [0.29, 0.717) is 0 Å². The molecular weight excluding hydrogens is 74.1 g/mol. The SMILES string of the molecule is C=CC=NCC. The van der Waals surface area contributed by atoms with Crippen molar-refractivity contribution in [3.8, 4) is 0 Å². The summed E-state index contributed by atoms with van der Waals surface area (Å²) in [6.45, 7) is 6.29. The highest BCUT2D eigenvalue weighted by atomic mass is 14.7. The number of aliphatic imine (C=N–C) groups is 1. The van der Waals surface area contributed by atoms with Gasteiger partial charge in [0.2, 0.25) is 0 Å². The number of hydrogen-bond donors (Lipinski definition) is 0. The maximum absolute atomic E-state index is 3.85. The second-order valence-corrected chi connectivity index (χ2v) is 0.884. The molecule has 0 aliphatic carbocycles. The Morgan fingerprint density at radius 3 is 2.67 bits per heavy atom. The second kappa shape index (κ2) is 4.41. The number of hydrogen-bond acceptors (Lipinski definition) is 1. The van der Waals surface area contributed by atoms with Crippen LogP contribution in [0.25, 0.3) is 0 Å². The van der Waals surface area contributed by atoms with Gasteiger partial charge in [-0.15, -0.1) is 0 Å². The molecule has 0 bridgehead atoms. The van der Waals surface area contributed by atoms with Crippen LogP contribution in [0.3, 0.4) is 0 Å². The zero-order chi connectivity index (χ0) is 4.83. The van der Waals surface area contributed by atoms with Crippen molar-refractivity contribution in [3.63, 3.8) is 0 Å². The fourth-order valence-corrected chi connectivity index (χ4v) is 0.180. The summed E-state index contributed by atoms with van der Waals surface area (Å²) in [5.74, 6) is 0. The molecule has 0 N–H and O–H groups in total. The summed E-state index contributed by atoms with van der Waals surface area (Å²) in [5.41, 5.74) is 0. The molecule has 0 heterocycles. The Labute approximate surface area is 38.4 Å². The minimum Gasteiger partial charge on any atom is -0.293 e. The van der Waals surface area contributed by atoms with Crippen molar-refractivity contribution in [3.05, 3.63) is 12.7 Å². The Hall–Kier alpha value is -0.590. The zero-order valence-corrected chi connectivity index (χ0v) is 4.02. The molecule has 34 valence electrons. The van der Waals surface area contributed by atoms with Gasteiger partial charge in [-0.1, -0.05) is 12.7 Å². The molecule has 0 rings (SSSR count). The molecule has 0 aliphatic heterocycles. The predicted molar refractivity (Wildman–Crippen MR) is 29.2 cm³/mol. The third-order valence-electron chi connectivity index (χ3n) is 0.393. The molecular formula is C5H9N. The third kappa shape index (κ3) is 3.41. The topological polar surface area (TPSA) is 12.4 Å². The first-order valence-corrected chi connectivity index (χ1v) is 2.02. The van der Waals surface area contributed by atoms with Gasteiger partial charge in [-0.3, -0.25) is 4.99 Å². The van der Waals surface area contributed by atoms with Crippen LogP contribution in [0.15, 0.2) is 17.6 Å². The van der Waals surface area contributed by atoms with Crippen LogP contribution in [0.4, 0.5) is 0 Å². The van der Waals surface area contributed by atoms with Crippen molar-refractivity contribution in [1.29, 1.82) is 0 Å². The van der Waals surface area contributed by atoms with Crippen LogP contribution in [-0.4, -0.2) is 12.8 Å². The van der Waals surface area contributed by atoms with Gasteiger partial charge < -0.3 is 0 Å². The molecule has 0 saturated heterocycles. The molecule has 0 unspecified atom stereocenters. The fourth-order valence-electron chi connectivity index (χ4n) is 0.180. The lowest BCUT2D eigenvalue weighted by atomic mass is 10.7. The first-order valence-electron chi connectivity index (χ1n) is 2.02. The first kappa shape index (κ1) is 5.41. The standard InChI is InChI=1S/C5H9N/c1-3-5-6-4-2/h3,5H,1,4H2,2H3. The molecule has 6 heavy (non-hydrogen) atoms. The molecule has 0 atom stereocenters. The lowest BCUT2D eigenvalue weighted by Gasteiger charge is -1.70. The van der Waals surface area contributed by atoms with E-state index in [1.807, 2.05) is 6.92 Å². The van der Waals surface area contributed by atoms with Gasteiger partial charge in [0.25, 0.3) is 0 Å². The van der Waals surface area contributed by atoms with E-state index >= 15 is 0 Å². The van der Waals surface area contributed by atoms with E-state index in [1.165, 1.54) is 0 Å². The third-order valence-corrected chi connectivity index (χ3v) is 0.393. The second-order valence-electron chi connectivity index (χ2n) is 0.884. The molecule has 0 aliphatic rings. The molecule has 0 saturated carbocycles. The van der Waals surface area contributed by atoms with Gasteiger partial charge in [-0.2, -0.15) is 0 Å². The zero-order valence-electron chi connectivity index (χ0n) is 4.02. The van der Waals surface area contributed by atoms with Gasteiger partial charge in [0.1, 0.15) is 0 Å². The average molecular weight is 83.1 g/mol. The van der Waals surface area contributed by atoms with Crippen LogP contribution in [0, 0.1) is 0 Å². The van der Waals surface area contributed by atoms with E-state index in [1.54, 1.807) is 12.3 Å². The van der Waals surface area contributed by atoms with Crippen LogP contribution in [0.5, 0.6) is 0 Å². The van der Waals surface area contributed by atoms with Gasteiger partial charge in [0.05, 0.1) is 0 Å². The van der Waals surface area contributed by atoms with Gasteiger partial charge >= 0.3 is 0 Å². The summed E-state index contributed by atoms with van der Waals surface area (Å²) in [4.78, 5) is 3.85. The molecule has 0 fully saturated rings. The molecule has 1 heteroatoms. The fraction of sp³-hybridized carbons (Fsp3) is 0.400. The van der Waals surface area contributed by atoms with Crippen molar-refractivity contribution in [2.45, 2.75) is 6.92 Å². The summed E-state index contributed by atoms with van der Waals surface area (Å²) in [6, 6.07) is 0. The molecule has 0 spiro atoms. The Balaban J connectivity index is 2.94. The Morgan fingerprint density at radius 1 is 1.83 bits per heavy atom. The van der Waals surface area contributed by atoms with E-state index in [9.17, 15) is 0 Å². The molecule has 0 aromatic heterocycles. The van der Waals surface area contributed by atoms with E-state index in [2.05, 4.69) is 11.6 Å². The van der Waals surface area contributed by atoms with Crippen LogP contribution < -0.4 is 0 Å². The van der Waals surface area contributed by atoms with Crippen LogP contribution in [-0.2, 0) is 0 Å². The minimum atomic E-state index is 0.853. The maximum Gasteiger partial charge on any atom is 0.0360 e. The Morgan fingerprint density at radius 2 is 2.50 bits per heavy atom. The summed E-state index contributed by atoms with van der Waals surface area (Å²) in [5, 5.41) is 0. The van der Waals surface area contributed by atoms with Crippen molar-refractivity contribution < 1.29 is 0 Å². The van der Waals surface area contributed by atoms with Gasteiger partial charge in [-0.05, 0) is 6.92 Å². The maximum atomic E-state index is 3.85. The summed E-state index contributed by atoms with van der Waals surface area (Å²) < 4.78 is 0. The van der Waals surface area contributed by atoms with Crippen molar-refractivity contribution in [1.82, 2.24) is 0 Å². The lowest BCUT2D eigenvalue weighted by Crippen LogP contribution is -1.65. The number of allylic oxidation sites excluding steroid dienone is 1. The molecule has 0 radical (unpaired) electrons. The largest absolute Gasteiger partial charge is 0.293 e. The first-order chi connectivity index (χ1) is 2.91. The normalized spacial score (nSPS) is 9.50. The van der Waals surface area contributed by atoms with Crippen LogP contribution in [0.2, 0.25) is 0 Å². The van der Waals surface area contributed by atoms with Gasteiger partial charge in [0.15, 0.2) is 0 Å². The summed E-state index contributed by atoms with van der Waals surface area (Å²) >= 11 is 0. The highest BCUT2D eigenvalue weighted by molar-refractivity contribution is 5.69. The number of nitrogens with zero attached hydrogens (tertiary/aromatic N) is 1. The van der Waals surface area contributed by atoms with E-state index in [4.69, 9.17) is 0 Å². The highest BCUT2D eigenvalue weighted by Gasteiger charge is 1.54. The van der Waals surface area contributed by atoms with Crippen molar-refractivity contribution in [2.75, 3.05) is 6.54 Å². The molecule has 0 aromatic carbocycles. The van der Waals surface area contributed by atoms with Gasteiger partial charge in [-0.25, -0.2) is 0 Å². The Bertz CT molecular complexity index is 55.0. The molecule has 1 nitrogen and oxygen atoms in total.